The van der Waals surface area contributed by atoms with E-state index in [9.17, 15) is 13.6 Å². The van der Waals surface area contributed by atoms with E-state index in [4.69, 9.17) is 0 Å². The summed E-state index contributed by atoms with van der Waals surface area (Å²) in [6, 6.07) is 9.98. The first-order chi connectivity index (χ1) is 13.5. The Labute approximate surface area is 160 Å². The van der Waals surface area contributed by atoms with Crippen LogP contribution in [0.2, 0.25) is 0 Å². The minimum absolute atomic E-state index is 0.162. The highest BCUT2D eigenvalue weighted by molar-refractivity contribution is 5.95. The molecule has 1 aliphatic carbocycles. The Hall–Kier alpha value is -2.90. The van der Waals surface area contributed by atoms with Crippen molar-refractivity contribution < 1.29 is 13.6 Å². The van der Waals surface area contributed by atoms with Crippen molar-refractivity contribution in [2.75, 3.05) is 6.54 Å². The second-order valence-corrected chi connectivity index (χ2v) is 7.68. The molecule has 2 aliphatic rings. The van der Waals surface area contributed by atoms with Gasteiger partial charge in [0.25, 0.3) is 11.8 Å². The highest BCUT2D eigenvalue weighted by Crippen LogP contribution is 2.41. The van der Waals surface area contributed by atoms with Crippen molar-refractivity contribution in [1.82, 2.24) is 24.6 Å². The van der Waals surface area contributed by atoms with Crippen molar-refractivity contribution in [2.45, 2.75) is 37.8 Å². The number of halogens is 2. The average molecular weight is 383 g/mol. The SMILES string of the molecule is O=C(c1ccc2ccccc2n1)N1CC(F)(F)C[C@H]1c1nncn1CC1CC1. The molecule has 1 aliphatic heterocycles. The molecule has 2 aromatic heterocycles. The molecule has 0 unspecified atom stereocenters. The van der Waals surface area contributed by atoms with E-state index < -0.39 is 30.8 Å². The largest absolute Gasteiger partial charge is 0.321 e. The average Bonchev–Trinajstić information content (AvgIpc) is 3.28. The molecular formula is C20H19F2N5O. The van der Waals surface area contributed by atoms with Crippen molar-refractivity contribution >= 4 is 16.8 Å². The monoisotopic (exact) mass is 383 g/mol. The van der Waals surface area contributed by atoms with Gasteiger partial charge in [-0.1, -0.05) is 24.3 Å². The Morgan fingerprint density at radius 3 is 2.82 bits per heavy atom. The molecule has 6 nitrogen and oxygen atoms in total. The smallest absolute Gasteiger partial charge is 0.273 e. The lowest BCUT2D eigenvalue weighted by atomic mass is 10.1. The van der Waals surface area contributed by atoms with E-state index in [-0.39, 0.29) is 5.69 Å². The van der Waals surface area contributed by atoms with Crippen LogP contribution in [0.4, 0.5) is 8.78 Å². The van der Waals surface area contributed by atoms with Crippen LogP contribution in [0.5, 0.6) is 0 Å². The molecule has 3 heterocycles. The van der Waals surface area contributed by atoms with Gasteiger partial charge in [0.2, 0.25) is 0 Å². The Kier molecular flexibility index (Phi) is 3.89. The number of hydrogen-bond acceptors (Lipinski definition) is 4. The number of hydrogen-bond donors (Lipinski definition) is 0. The van der Waals surface area contributed by atoms with Crippen molar-refractivity contribution in [3.63, 3.8) is 0 Å². The van der Waals surface area contributed by atoms with Gasteiger partial charge >= 0.3 is 0 Å². The summed E-state index contributed by atoms with van der Waals surface area (Å²) in [7, 11) is 0. The molecule has 0 spiro atoms. The molecule has 28 heavy (non-hydrogen) atoms. The van der Waals surface area contributed by atoms with Gasteiger partial charge in [0.05, 0.1) is 18.1 Å². The molecule has 3 aromatic rings. The van der Waals surface area contributed by atoms with E-state index in [0.717, 1.165) is 18.2 Å². The Balaban J connectivity index is 1.49. The Morgan fingerprint density at radius 2 is 2.00 bits per heavy atom. The summed E-state index contributed by atoms with van der Waals surface area (Å²) >= 11 is 0. The van der Waals surface area contributed by atoms with Gasteiger partial charge in [0.15, 0.2) is 5.82 Å². The second-order valence-electron chi connectivity index (χ2n) is 7.68. The third-order valence-corrected chi connectivity index (χ3v) is 5.44. The van der Waals surface area contributed by atoms with Crippen molar-refractivity contribution in [3.05, 3.63) is 54.2 Å². The van der Waals surface area contributed by atoms with Gasteiger partial charge in [-0.05, 0) is 30.9 Å². The summed E-state index contributed by atoms with van der Waals surface area (Å²) in [5.74, 6) is -2.50. The minimum atomic E-state index is -2.96. The van der Waals surface area contributed by atoms with Gasteiger partial charge in [-0.15, -0.1) is 10.2 Å². The first-order valence-corrected chi connectivity index (χ1v) is 9.42. The van der Waals surface area contributed by atoms with Crippen LogP contribution in [0.15, 0.2) is 42.7 Å². The van der Waals surface area contributed by atoms with Crippen molar-refractivity contribution in [3.8, 4) is 0 Å². The lowest BCUT2D eigenvalue weighted by molar-refractivity contribution is 0.0117. The quantitative estimate of drug-likeness (QED) is 0.692. The van der Waals surface area contributed by atoms with Gasteiger partial charge in [-0.3, -0.25) is 4.79 Å². The Bertz CT molecular complexity index is 1050. The molecule has 1 saturated heterocycles. The summed E-state index contributed by atoms with van der Waals surface area (Å²) in [6.45, 7) is 0.0714. The number of fused-ring (bicyclic) bond motifs is 1. The standard InChI is InChI=1S/C20H19F2N5O/c21-20(22)9-17(18-25-23-12-26(18)10-13-5-6-13)27(11-20)19(28)16-8-7-14-3-1-2-4-15(14)24-16/h1-4,7-8,12-13,17H,5-6,9-11H2/t17-/m0/s1. The molecular weight excluding hydrogens is 364 g/mol. The van der Waals surface area contributed by atoms with Crippen LogP contribution in [0, 0.1) is 5.92 Å². The van der Waals surface area contributed by atoms with Crippen molar-refractivity contribution in [2.24, 2.45) is 5.92 Å². The molecule has 1 saturated carbocycles. The normalized spacial score (nSPS) is 21.4. The number of amides is 1. The number of likely N-dealkylation sites (tertiary alicyclic amines) is 1. The summed E-state index contributed by atoms with van der Waals surface area (Å²) < 4.78 is 30.4. The molecule has 1 amide bonds. The van der Waals surface area contributed by atoms with Gasteiger partial charge in [-0.25, -0.2) is 13.8 Å². The van der Waals surface area contributed by atoms with Crippen LogP contribution < -0.4 is 0 Å². The number of para-hydroxylation sites is 1. The molecule has 1 atom stereocenters. The van der Waals surface area contributed by atoms with E-state index in [0.29, 0.717) is 23.8 Å². The maximum absolute atomic E-state index is 14.3. The van der Waals surface area contributed by atoms with E-state index in [1.807, 2.05) is 22.8 Å². The fourth-order valence-electron chi connectivity index (χ4n) is 3.83. The maximum Gasteiger partial charge on any atom is 0.273 e. The Morgan fingerprint density at radius 1 is 1.18 bits per heavy atom. The number of nitrogens with zero attached hydrogens (tertiary/aromatic N) is 5. The van der Waals surface area contributed by atoms with Gasteiger partial charge in [0, 0.05) is 18.4 Å². The van der Waals surface area contributed by atoms with Gasteiger partial charge in [0.1, 0.15) is 12.0 Å². The molecule has 8 heteroatoms. The van der Waals surface area contributed by atoms with Crippen LogP contribution in [0.1, 0.15) is 41.6 Å². The zero-order valence-electron chi connectivity index (χ0n) is 15.1. The van der Waals surface area contributed by atoms with Crippen LogP contribution in [0.25, 0.3) is 10.9 Å². The number of rotatable bonds is 4. The minimum Gasteiger partial charge on any atom is -0.321 e. The van der Waals surface area contributed by atoms with E-state index in [1.54, 1.807) is 24.5 Å². The van der Waals surface area contributed by atoms with Crippen LogP contribution in [0.3, 0.4) is 0 Å². The van der Waals surface area contributed by atoms with E-state index in [1.165, 1.54) is 4.90 Å². The molecule has 144 valence electrons. The summed E-state index contributed by atoms with van der Waals surface area (Å²) in [4.78, 5) is 18.7. The summed E-state index contributed by atoms with van der Waals surface area (Å²) in [6.07, 6.45) is 3.38. The molecule has 0 bridgehead atoms. The molecule has 2 fully saturated rings. The van der Waals surface area contributed by atoms with Crippen LogP contribution in [-0.2, 0) is 6.54 Å². The number of carbonyl (C=O) groups is 1. The highest BCUT2D eigenvalue weighted by atomic mass is 19.3. The third kappa shape index (κ3) is 3.12. The lowest BCUT2D eigenvalue weighted by Crippen LogP contribution is -2.34. The van der Waals surface area contributed by atoms with Gasteiger partial charge in [-0.2, -0.15) is 0 Å². The summed E-state index contributed by atoms with van der Waals surface area (Å²) in [5, 5.41) is 8.90. The predicted octanol–water partition coefficient (Wildman–Crippen LogP) is 3.46. The zero-order chi connectivity index (χ0) is 19.3. The second kappa shape index (κ2) is 6.32. The fourth-order valence-corrected chi connectivity index (χ4v) is 3.83. The number of carbonyl (C=O) groups excluding carboxylic acids is 1. The van der Waals surface area contributed by atoms with Crippen LogP contribution in [-0.4, -0.2) is 43.0 Å². The topological polar surface area (TPSA) is 63.9 Å². The number of benzene rings is 1. The number of pyridine rings is 1. The third-order valence-electron chi connectivity index (χ3n) is 5.44. The van der Waals surface area contributed by atoms with Crippen LogP contribution >= 0.6 is 0 Å². The fraction of sp³-hybridized carbons (Fsp3) is 0.400. The van der Waals surface area contributed by atoms with Crippen molar-refractivity contribution in [1.29, 1.82) is 0 Å². The summed E-state index contributed by atoms with van der Waals surface area (Å²) in [5.41, 5.74) is 0.822. The van der Waals surface area contributed by atoms with Gasteiger partial charge < -0.3 is 9.47 Å². The van der Waals surface area contributed by atoms with E-state index >= 15 is 0 Å². The molecule has 0 N–H and O–H groups in total. The lowest BCUT2D eigenvalue weighted by Gasteiger charge is -2.23. The molecule has 1 aromatic carbocycles. The zero-order valence-corrected chi connectivity index (χ0v) is 15.1. The molecule has 0 radical (unpaired) electrons. The first-order valence-electron chi connectivity index (χ1n) is 9.42. The van der Waals surface area contributed by atoms with E-state index in [2.05, 4.69) is 15.2 Å². The predicted molar refractivity (Wildman–Crippen MR) is 97.8 cm³/mol. The number of alkyl halides is 2. The highest BCUT2D eigenvalue weighted by Gasteiger charge is 2.49. The maximum atomic E-state index is 14.3. The number of aromatic nitrogens is 4. The first kappa shape index (κ1) is 17.2. The molecule has 5 rings (SSSR count).